The minimum absolute atomic E-state index is 0.360. The molecule has 0 atom stereocenters. The lowest BCUT2D eigenvalue weighted by Crippen LogP contribution is -1.84. The molecule has 0 saturated heterocycles. The Morgan fingerprint density at radius 2 is 1.11 bits per heavy atom. The fourth-order valence-corrected chi connectivity index (χ4v) is 2.11. The Labute approximate surface area is 120 Å². The summed E-state index contributed by atoms with van der Waals surface area (Å²) in [6, 6.07) is 0. The topological polar surface area (TPSA) is 20.2 Å². The molecule has 0 unspecified atom stereocenters. The summed E-state index contributed by atoms with van der Waals surface area (Å²) in [4.78, 5) is 0. The normalized spacial score (nSPS) is 11.9. The molecule has 0 heterocycles. The van der Waals surface area contributed by atoms with Gasteiger partial charge in [-0.3, -0.25) is 0 Å². The van der Waals surface area contributed by atoms with Crippen LogP contribution in [0.25, 0.3) is 0 Å². The van der Waals surface area contributed by atoms with Crippen LogP contribution in [0.3, 0.4) is 0 Å². The second kappa shape index (κ2) is 17.4. The summed E-state index contributed by atoms with van der Waals surface area (Å²) in [5, 5.41) is 8.66. The van der Waals surface area contributed by atoms with E-state index in [9.17, 15) is 0 Å². The average Bonchev–Trinajstić information content (AvgIpc) is 2.43. The second-order valence-electron chi connectivity index (χ2n) is 5.34. The highest BCUT2D eigenvalue weighted by Gasteiger charge is 1.91. The molecule has 0 aliphatic rings. The van der Waals surface area contributed by atoms with Crippen molar-refractivity contribution in [3.8, 4) is 0 Å². The summed E-state index contributed by atoms with van der Waals surface area (Å²) >= 11 is 0. The van der Waals surface area contributed by atoms with Gasteiger partial charge in [0.2, 0.25) is 0 Å². The van der Waals surface area contributed by atoms with Gasteiger partial charge in [0.05, 0.1) is 0 Å². The Morgan fingerprint density at radius 1 is 0.632 bits per heavy atom. The van der Waals surface area contributed by atoms with Crippen LogP contribution in [0.1, 0.15) is 84.0 Å². The highest BCUT2D eigenvalue weighted by atomic mass is 16.2. The molecule has 1 heteroatoms. The lowest BCUT2D eigenvalue weighted by atomic mass is 10.1. The van der Waals surface area contributed by atoms with Crippen LogP contribution < -0.4 is 0 Å². The van der Waals surface area contributed by atoms with E-state index >= 15 is 0 Å². The Morgan fingerprint density at radius 3 is 1.63 bits per heavy atom. The van der Waals surface area contributed by atoms with E-state index in [0.29, 0.717) is 6.61 Å². The van der Waals surface area contributed by atoms with Gasteiger partial charge in [0, 0.05) is 6.61 Å². The highest BCUT2D eigenvalue weighted by molar-refractivity contribution is 5.02. The zero-order valence-corrected chi connectivity index (χ0v) is 12.9. The van der Waals surface area contributed by atoms with Gasteiger partial charge in [-0.2, -0.15) is 0 Å². The predicted molar refractivity (Wildman–Crippen MR) is 86.4 cm³/mol. The summed E-state index contributed by atoms with van der Waals surface area (Å²) in [5.41, 5.74) is 0. The molecular weight excluding hydrogens is 232 g/mol. The Balaban J connectivity index is 3.09. The predicted octanol–water partition coefficient (Wildman–Crippen LogP) is 5.79. The molecule has 0 radical (unpaired) electrons. The van der Waals surface area contributed by atoms with Gasteiger partial charge in [-0.15, -0.1) is 0 Å². The first-order valence-corrected chi connectivity index (χ1v) is 8.34. The number of hydrogen-bond donors (Lipinski definition) is 1. The van der Waals surface area contributed by atoms with E-state index in [1.54, 1.807) is 0 Å². The molecular formula is C18H34O. The third kappa shape index (κ3) is 17.4. The van der Waals surface area contributed by atoms with Crippen molar-refractivity contribution in [2.24, 2.45) is 0 Å². The molecule has 0 amide bonds. The number of aliphatic hydroxyl groups is 1. The molecule has 0 aliphatic heterocycles. The van der Waals surface area contributed by atoms with E-state index in [4.69, 9.17) is 5.11 Å². The Kier molecular flexibility index (Phi) is 16.9. The fraction of sp³-hybridized carbons (Fsp3) is 0.778. The number of allylic oxidation sites excluding steroid dienone is 4. The van der Waals surface area contributed by atoms with Gasteiger partial charge < -0.3 is 5.11 Å². The molecule has 0 rings (SSSR count). The lowest BCUT2D eigenvalue weighted by molar-refractivity contribution is 0.282. The smallest absolute Gasteiger partial charge is 0.0431 e. The van der Waals surface area contributed by atoms with Crippen molar-refractivity contribution in [3.05, 3.63) is 24.3 Å². The van der Waals surface area contributed by atoms with Crippen molar-refractivity contribution in [3.63, 3.8) is 0 Å². The molecule has 19 heavy (non-hydrogen) atoms. The van der Waals surface area contributed by atoms with Crippen molar-refractivity contribution in [2.75, 3.05) is 6.61 Å². The van der Waals surface area contributed by atoms with Crippen LogP contribution in [0.2, 0.25) is 0 Å². The molecule has 0 aromatic carbocycles. The van der Waals surface area contributed by atoms with Gasteiger partial charge in [0.25, 0.3) is 0 Å². The first kappa shape index (κ1) is 18.4. The zero-order valence-electron chi connectivity index (χ0n) is 12.9. The van der Waals surface area contributed by atoms with E-state index in [1.807, 2.05) is 0 Å². The summed E-state index contributed by atoms with van der Waals surface area (Å²) in [6.45, 7) is 2.59. The quantitative estimate of drug-likeness (QED) is 0.311. The van der Waals surface area contributed by atoms with Crippen LogP contribution in [0.5, 0.6) is 0 Å². The summed E-state index contributed by atoms with van der Waals surface area (Å²) < 4.78 is 0. The number of rotatable bonds is 14. The Hall–Kier alpha value is -0.560. The zero-order chi connectivity index (χ0) is 14.0. The van der Waals surface area contributed by atoms with Gasteiger partial charge in [0.1, 0.15) is 0 Å². The molecule has 112 valence electrons. The van der Waals surface area contributed by atoms with E-state index in [0.717, 1.165) is 6.42 Å². The first-order valence-electron chi connectivity index (χ1n) is 8.34. The number of unbranched alkanes of at least 4 members (excludes halogenated alkanes) is 10. The van der Waals surface area contributed by atoms with Crippen molar-refractivity contribution < 1.29 is 5.11 Å². The molecule has 0 aliphatic carbocycles. The number of hydrogen-bond acceptors (Lipinski definition) is 1. The summed E-state index contributed by atoms with van der Waals surface area (Å²) in [6.07, 6.45) is 24.2. The second-order valence-corrected chi connectivity index (χ2v) is 5.34. The summed E-state index contributed by atoms with van der Waals surface area (Å²) in [5.74, 6) is 0. The third-order valence-electron chi connectivity index (χ3n) is 3.39. The SMILES string of the molecule is CCCCC=CC=CCCCCCCCCCCO. The Bertz CT molecular complexity index is 206. The maximum absolute atomic E-state index is 8.66. The third-order valence-corrected chi connectivity index (χ3v) is 3.39. The van der Waals surface area contributed by atoms with Gasteiger partial charge >= 0.3 is 0 Å². The van der Waals surface area contributed by atoms with Crippen LogP contribution in [0, 0.1) is 0 Å². The molecule has 0 bridgehead atoms. The van der Waals surface area contributed by atoms with Crippen LogP contribution in [0.4, 0.5) is 0 Å². The minimum Gasteiger partial charge on any atom is -0.396 e. The molecule has 0 spiro atoms. The van der Waals surface area contributed by atoms with Crippen LogP contribution in [-0.2, 0) is 0 Å². The van der Waals surface area contributed by atoms with Crippen LogP contribution >= 0.6 is 0 Å². The average molecular weight is 266 g/mol. The van der Waals surface area contributed by atoms with Crippen LogP contribution in [-0.4, -0.2) is 11.7 Å². The van der Waals surface area contributed by atoms with E-state index in [2.05, 4.69) is 31.2 Å². The monoisotopic (exact) mass is 266 g/mol. The molecule has 1 nitrogen and oxygen atoms in total. The van der Waals surface area contributed by atoms with E-state index < -0.39 is 0 Å². The van der Waals surface area contributed by atoms with Gasteiger partial charge in [-0.25, -0.2) is 0 Å². The van der Waals surface area contributed by atoms with Crippen molar-refractivity contribution in [1.82, 2.24) is 0 Å². The molecule has 0 fully saturated rings. The van der Waals surface area contributed by atoms with Crippen molar-refractivity contribution >= 4 is 0 Å². The van der Waals surface area contributed by atoms with Gasteiger partial charge in [0.15, 0.2) is 0 Å². The van der Waals surface area contributed by atoms with E-state index in [-0.39, 0.29) is 0 Å². The van der Waals surface area contributed by atoms with Crippen molar-refractivity contribution in [1.29, 1.82) is 0 Å². The maximum atomic E-state index is 8.66. The standard InChI is InChI=1S/C18H34O/c1-2-3-4-5-6-7-8-9-10-11-12-13-14-15-16-17-18-19/h5-8,19H,2-4,9-18H2,1H3. The lowest BCUT2D eigenvalue weighted by Gasteiger charge is -2.00. The number of aliphatic hydroxyl groups excluding tert-OH is 1. The van der Waals surface area contributed by atoms with Crippen LogP contribution in [0.15, 0.2) is 24.3 Å². The highest BCUT2D eigenvalue weighted by Crippen LogP contribution is 2.09. The first-order chi connectivity index (χ1) is 9.41. The van der Waals surface area contributed by atoms with Crippen molar-refractivity contribution in [2.45, 2.75) is 84.0 Å². The largest absolute Gasteiger partial charge is 0.396 e. The minimum atomic E-state index is 0.360. The van der Waals surface area contributed by atoms with E-state index in [1.165, 1.54) is 70.6 Å². The molecule has 0 saturated carbocycles. The fourth-order valence-electron chi connectivity index (χ4n) is 2.11. The molecule has 0 aromatic rings. The van der Waals surface area contributed by atoms with Gasteiger partial charge in [-0.05, 0) is 25.7 Å². The summed E-state index contributed by atoms with van der Waals surface area (Å²) in [7, 11) is 0. The molecule has 1 N–H and O–H groups in total. The van der Waals surface area contributed by atoms with Gasteiger partial charge in [-0.1, -0.05) is 82.6 Å². The maximum Gasteiger partial charge on any atom is 0.0431 e. The molecule has 0 aromatic heterocycles.